The van der Waals surface area contributed by atoms with Gasteiger partial charge in [0.2, 0.25) is 0 Å². The number of hydrogen-bond donors (Lipinski definition) is 2. The first-order valence-corrected chi connectivity index (χ1v) is 5.75. The van der Waals surface area contributed by atoms with Gasteiger partial charge in [-0.25, -0.2) is 9.59 Å². The molecule has 0 aromatic heterocycles. The predicted octanol–water partition coefficient (Wildman–Crippen LogP) is 0.226. The number of nitrogens with zero attached hydrogens (tertiary/aromatic N) is 4. The van der Waals surface area contributed by atoms with Crippen molar-refractivity contribution < 1.29 is 14.7 Å². The number of carboxylic acid groups (broad SMARTS) is 1. The third-order valence-corrected chi connectivity index (χ3v) is 2.56. The van der Waals surface area contributed by atoms with Gasteiger partial charge in [0.15, 0.2) is 11.5 Å². The van der Waals surface area contributed by atoms with Gasteiger partial charge >= 0.3 is 12.0 Å². The Balaban J connectivity index is 2.30. The molecular formula is C7H9N5O3S. The highest BCUT2D eigenvalue weighted by Crippen LogP contribution is 2.24. The molecule has 0 saturated carbocycles. The second-order valence-electron chi connectivity index (χ2n) is 3.06. The van der Waals surface area contributed by atoms with Crippen LogP contribution in [0.15, 0.2) is 21.9 Å². The maximum Gasteiger partial charge on any atom is 0.355 e. The van der Waals surface area contributed by atoms with Crippen molar-refractivity contribution in [3.63, 3.8) is 0 Å². The van der Waals surface area contributed by atoms with Crippen LogP contribution in [0.4, 0.5) is 4.79 Å². The number of rotatable bonds is 3. The van der Waals surface area contributed by atoms with Gasteiger partial charge in [-0.1, -0.05) is 5.22 Å². The van der Waals surface area contributed by atoms with Gasteiger partial charge in [-0.05, 0) is 6.26 Å². The first-order chi connectivity index (χ1) is 7.65. The Morgan fingerprint density at radius 3 is 3.06 bits per heavy atom. The van der Waals surface area contributed by atoms with Gasteiger partial charge in [-0.2, -0.15) is 5.01 Å². The summed E-state index contributed by atoms with van der Waals surface area (Å²) in [6.45, 7) is 0.111. The minimum atomic E-state index is -1.15. The molecule has 86 valence electrons. The average molecular weight is 243 g/mol. The molecule has 0 saturated heterocycles. The number of carbonyl (C=O) groups is 2. The number of hydrogen-bond acceptors (Lipinski definition) is 6. The minimum Gasteiger partial charge on any atom is -0.476 e. The van der Waals surface area contributed by atoms with E-state index >= 15 is 0 Å². The molecule has 2 heterocycles. The summed E-state index contributed by atoms with van der Waals surface area (Å²) in [5.41, 5.74) is -0.0964. The third-order valence-electron chi connectivity index (χ3n) is 2.06. The Morgan fingerprint density at radius 2 is 2.44 bits per heavy atom. The van der Waals surface area contributed by atoms with Crippen LogP contribution in [0.25, 0.3) is 0 Å². The molecule has 0 aliphatic carbocycles. The first-order valence-electron chi connectivity index (χ1n) is 4.36. The summed E-state index contributed by atoms with van der Waals surface area (Å²) in [5, 5.41) is 20.0. The molecule has 16 heavy (non-hydrogen) atoms. The van der Waals surface area contributed by atoms with Gasteiger partial charge in [-0.3, -0.25) is 4.90 Å². The highest BCUT2D eigenvalue weighted by molar-refractivity contribution is 7.98. The number of carbonyl (C=O) groups excluding carboxylic acids is 1. The van der Waals surface area contributed by atoms with E-state index < -0.39 is 5.97 Å². The fourth-order valence-electron chi connectivity index (χ4n) is 1.36. The Bertz CT molecular complexity index is 407. The van der Waals surface area contributed by atoms with Gasteiger partial charge in [0.1, 0.15) is 0 Å². The van der Waals surface area contributed by atoms with E-state index in [0.717, 1.165) is 0 Å². The quantitative estimate of drug-likeness (QED) is 0.739. The highest BCUT2D eigenvalue weighted by atomic mass is 32.2. The van der Waals surface area contributed by atoms with Crippen molar-refractivity contribution in [2.75, 3.05) is 18.8 Å². The summed E-state index contributed by atoms with van der Waals surface area (Å²) >= 11 is 1.43. The molecule has 0 radical (unpaired) electrons. The van der Waals surface area contributed by atoms with Crippen molar-refractivity contribution in [3.05, 3.63) is 11.5 Å². The van der Waals surface area contributed by atoms with E-state index in [-0.39, 0.29) is 24.2 Å². The maximum absolute atomic E-state index is 11.8. The van der Waals surface area contributed by atoms with Crippen LogP contribution in [0.1, 0.15) is 0 Å². The first kappa shape index (κ1) is 10.7. The molecule has 2 aliphatic heterocycles. The molecule has 2 N–H and O–H groups in total. The molecule has 9 heteroatoms. The van der Waals surface area contributed by atoms with Crippen molar-refractivity contribution in [2.24, 2.45) is 10.3 Å². The Kier molecular flexibility index (Phi) is 2.69. The highest BCUT2D eigenvalue weighted by Gasteiger charge is 2.36. The lowest BCUT2D eigenvalue weighted by Gasteiger charge is -2.25. The topological polar surface area (TPSA) is 97.6 Å². The second-order valence-corrected chi connectivity index (χ2v) is 3.89. The van der Waals surface area contributed by atoms with Gasteiger partial charge in [0.25, 0.3) is 0 Å². The van der Waals surface area contributed by atoms with Crippen LogP contribution in [0.2, 0.25) is 0 Å². The van der Waals surface area contributed by atoms with Gasteiger partial charge in [0, 0.05) is 0 Å². The number of nitrogens with one attached hydrogen (secondary N) is 1. The van der Waals surface area contributed by atoms with Gasteiger partial charge in [0.05, 0.1) is 12.5 Å². The summed E-state index contributed by atoms with van der Waals surface area (Å²) in [5.74, 6) is -0.702. The summed E-state index contributed by atoms with van der Waals surface area (Å²) in [6.07, 6.45) is 1.83. The van der Waals surface area contributed by atoms with E-state index in [2.05, 4.69) is 15.7 Å². The fraction of sp³-hybridized carbons (Fsp3) is 0.429. The molecule has 0 spiro atoms. The average Bonchev–Trinajstić information content (AvgIpc) is 2.67. The maximum atomic E-state index is 11.8. The molecule has 8 nitrogen and oxygen atoms in total. The molecule has 2 rings (SSSR count). The molecule has 0 atom stereocenters. The molecule has 0 unspecified atom stereocenters. The summed E-state index contributed by atoms with van der Waals surface area (Å²) < 4.78 is 0. The number of urea groups is 1. The summed E-state index contributed by atoms with van der Waals surface area (Å²) in [7, 11) is 0. The number of amides is 2. The van der Waals surface area contributed by atoms with Crippen LogP contribution < -0.4 is 5.32 Å². The molecule has 0 aromatic rings. The number of fused-ring (bicyclic) bond motifs is 1. The lowest BCUT2D eigenvalue weighted by molar-refractivity contribution is -0.133. The zero-order valence-corrected chi connectivity index (χ0v) is 9.19. The zero-order valence-electron chi connectivity index (χ0n) is 8.38. The van der Waals surface area contributed by atoms with Crippen LogP contribution in [0.3, 0.4) is 0 Å². The normalized spacial score (nSPS) is 18.9. The molecule has 0 bridgehead atoms. The van der Waals surface area contributed by atoms with E-state index in [4.69, 9.17) is 5.11 Å². The Labute approximate surface area is 95.0 Å². The standard InChI is InChI=1S/C7H9N5O3S/c1-16-3-12-7(15)11-2-8-4(6(13)14)5(11)9-10-12/h8H,2-3H2,1H3,(H,13,14). The second kappa shape index (κ2) is 4.00. The van der Waals surface area contributed by atoms with Crippen LogP contribution in [0.5, 0.6) is 0 Å². The predicted molar refractivity (Wildman–Crippen MR) is 55.0 cm³/mol. The van der Waals surface area contributed by atoms with E-state index in [0.29, 0.717) is 5.88 Å². The van der Waals surface area contributed by atoms with E-state index in [1.165, 1.54) is 21.7 Å². The third kappa shape index (κ3) is 1.58. The van der Waals surface area contributed by atoms with Gasteiger partial charge in [-0.15, -0.1) is 16.9 Å². The monoisotopic (exact) mass is 243 g/mol. The van der Waals surface area contributed by atoms with E-state index in [1.807, 2.05) is 6.26 Å². The van der Waals surface area contributed by atoms with E-state index in [1.54, 1.807) is 0 Å². The van der Waals surface area contributed by atoms with Crippen LogP contribution in [-0.4, -0.2) is 45.8 Å². The van der Waals surface area contributed by atoms with Crippen LogP contribution >= 0.6 is 11.8 Å². The Morgan fingerprint density at radius 1 is 1.69 bits per heavy atom. The number of thioether (sulfide) groups is 1. The summed E-state index contributed by atoms with van der Waals surface area (Å²) in [4.78, 5) is 23.8. The minimum absolute atomic E-state index is 0.0647. The van der Waals surface area contributed by atoms with Crippen molar-refractivity contribution >= 4 is 23.8 Å². The molecule has 0 aromatic carbocycles. The molecule has 2 amide bonds. The molecular weight excluding hydrogens is 234 g/mol. The Hall–Kier alpha value is -1.77. The molecule has 2 aliphatic rings. The number of aliphatic carboxylic acids is 1. The number of carboxylic acids is 1. The van der Waals surface area contributed by atoms with Crippen molar-refractivity contribution in [3.8, 4) is 0 Å². The van der Waals surface area contributed by atoms with E-state index in [9.17, 15) is 9.59 Å². The van der Waals surface area contributed by atoms with Crippen molar-refractivity contribution in [2.45, 2.75) is 0 Å². The SMILES string of the molecule is CSCN1N=NC2=C(C(=O)O)NCN2C1=O. The van der Waals surface area contributed by atoms with Crippen LogP contribution in [0, 0.1) is 0 Å². The fourth-order valence-corrected chi connectivity index (χ4v) is 1.76. The summed E-state index contributed by atoms with van der Waals surface area (Å²) in [6, 6.07) is -0.372. The van der Waals surface area contributed by atoms with Crippen LogP contribution in [-0.2, 0) is 4.79 Å². The smallest absolute Gasteiger partial charge is 0.355 e. The molecule has 0 fully saturated rings. The lowest BCUT2D eigenvalue weighted by atomic mass is 10.4. The zero-order chi connectivity index (χ0) is 11.7. The lowest BCUT2D eigenvalue weighted by Crippen LogP contribution is -2.41. The van der Waals surface area contributed by atoms with Crippen molar-refractivity contribution in [1.29, 1.82) is 0 Å². The largest absolute Gasteiger partial charge is 0.476 e. The van der Waals surface area contributed by atoms with Gasteiger partial charge < -0.3 is 10.4 Å². The van der Waals surface area contributed by atoms with Crippen molar-refractivity contribution in [1.82, 2.24) is 15.2 Å².